The summed E-state index contributed by atoms with van der Waals surface area (Å²) in [5.41, 5.74) is -1.15. The van der Waals surface area contributed by atoms with E-state index in [0.717, 1.165) is 0 Å². The molecule has 0 aromatic heterocycles. The lowest BCUT2D eigenvalue weighted by atomic mass is 10.3. The number of hydrogen-bond donors (Lipinski definition) is 0. The van der Waals surface area contributed by atoms with Gasteiger partial charge in [-0.15, -0.1) is 0 Å². The zero-order chi connectivity index (χ0) is 15.5. The zero-order valence-corrected chi connectivity index (χ0v) is 11.0. The van der Waals surface area contributed by atoms with Crippen LogP contribution in [0.15, 0.2) is 17.0 Å². The summed E-state index contributed by atoms with van der Waals surface area (Å²) in [5.74, 6) is -2.93. The molecule has 0 aliphatic heterocycles. The SMILES string of the molecule is CCN(CC#N)S(=O)(=O)c1cc([N+](=O)[O-])c(F)cc1F. The van der Waals surface area contributed by atoms with Crippen molar-refractivity contribution in [3.63, 3.8) is 0 Å². The summed E-state index contributed by atoms with van der Waals surface area (Å²) in [6.45, 7) is 0.717. The van der Waals surface area contributed by atoms with Crippen molar-refractivity contribution in [3.8, 4) is 6.07 Å². The second-order valence-corrected chi connectivity index (χ2v) is 5.49. The number of rotatable bonds is 5. The van der Waals surface area contributed by atoms with Gasteiger partial charge >= 0.3 is 5.69 Å². The fourth-order valence-electron chi connectivity index (χ4n) is 1.44. The second kappa shape index (κ2) is 5.89. The van der Waals surface area contributed by atoms with E-state index < -0.39 is 43.7 Å². The van der Waals surface area contributed by atoms with Gasteiger partial charge in [0.2, 0.25) is 15.8 Å². The average Bonchev–Trinajstić information content (AvgIpc) is 2.34. The highest BCUT2D eigenvalue weighted by molar-refractivity contribution is 7.89. The van der Waals surface area contributed by atoms with E-state index >= 15 is 0 Å². The van der Waals surface area contributed by atoms with Crippen molar-refractivity contribution in [2.24, 2.45) is 0 Å². The van der Waals surface area contributed by atoms with Gasteiger partial charge in [0.1, 0.15) is 17.3 Å². The molecular weight excluding hydrogens is 296 g/mol. The van der Waals surface area contributed by atoms with E-state index in [1.807, 2.05) is 0 Å². The smallest absolute Gasteiger partial charge is 0.258 e. The van der Waals surface area contributed by atoms with Crippen LogP contribution in [0.2, 0.25) is 0 Å². The minimum absolute atomic E-state index is 0.130. The Balaban J connectivity index is 3.50. The first-order chi connectivity index (χ1) is 9.25. The third kappa shape index (κ3) is 2.89. The summed E-state index contributed by atoms with van der Waals surface area (Å²) in [6, 6.07) is 2.01. The van der Waals surface area contributed by atoms with Crippen molar-refractivity contribution >= 4 is 15.7 Å². The van der Waals surface area contributed by atoms with Crippen LogP contribution >= 0.6 is 0 Å². The number of nitro groups is 1. The van der Waals surface area contributed by atoms with Crippen LogP contribution in [-0.2, 0) is 10.0 Å². The Labute approximate surface area is 113 Å². The summed E-state index contributed by atoms with van der Waals surface area (Å²) in [4.78, 5) is 8.36. The van der Waals surface area contributed by atoms with Crippen molar-refractivity contribution in [1.82, 2.24) is 4.31 Å². The van der Waals surface area contributed by atoms with Gasteiger partial charge in [0.05, 0.1) is 11.0 Å². The van der Waals surface area contributed by atoms with Gasteiger partial charge in [-0.2, -0.15) is 14.0 Å². The highest BCUT2D eigenvalue weighted by Gasteiger charge is 2.30. The summed E-state index contributed by atoms with van der Waals surface area (Å²) < 4.78 is 51.5. The largest absolute Gasteiger partial charge is 0.306 e. The van der Waals surface area contributed by atoms with Crippen LogP contribution in [0.25, 0.3) is 0 Å². The van der Waals surface area contributed by atoms with Crippen molar-refractivity contribution in [2.45, 2.75) is 11.8 Å². The molecule has 20 heavy (non-hydrogen) atoms. The van der Waals surface area contributed by atoms with Gasteiger partial charge < -0.3 is 0 Å². The summed E-state index contributed by atoms with van der Waals surface area (Å²) in [5, 5.41) is 19.1. The van der Waals surface area contributed by atoms with Crippen molar-refractivity contribution in [1.29, 1.82) is 5.26 Å². The Morgan fingerprint density at radius 2 is 2.00 bits per heavy atom. The summed E-state index contributed by atoms with van der Waals surface area (Å²) in [7, 11) is -4.45. The van der Waals surface area contributed by atoms with Gasteiger partial charge in [0, 0.05) is 18.7 Å². The van der Waals surface area contributed by atoms with E-state index in [2.05, 4.69) is 0 Å². The van der Waals surface area contributed by atoms with Crippen LogP contribution in [0.1, 0.15) is 6.92 Å². The molecule has 0 saturated heterocycles. The molecule has 0 aliphatic carbocycles. The molecule has 0 saturated carbocycles. The van der Waals surface area contributed by atoms with Gasteiger partial charge in [-0.05, 0) is 0 Å². The minimum Gasteiger partial charge on any atom is -0.258 e. The van der Waals surface area contributed by atoms with E-state index in [9.17, 15) is 27.3 Å². The Morgan fingerprint density at radius 1 is 1.40 bits per heavy atom. The number of sulfonamides is 1. The molecule has 1 rings (SSSR count). The molecule has 108 valence electrons. The van der Waals surface area contributed by atoms with Gasteiger partial charge in [-0.3, -0.25) is 10.1 Å². The van der Waals surface area contributed by atoms with E-state index in [1.165, 1.54) is 6.92 Å². The lowest BCUT2D eigenvalue weighted by molar-refractivity contribution is -0.387. The quantitative estimate of drug-likeness (QED) is 0.464. The second-order valence-electron chi connectivity index (χ2n) is 3.58. The minimum atomic E-state index is -4.45. The Bertz CT molecular complexity index is 684. The van der Waals surface area contributed by atoms with Crippen LogP contribution in [-0.4, -0.2) is 30.7 Å². The molecule has 0 N–H and O–H groups in total. The predicted octanol–water partition coefficient (Wildman–Crippen LogP) is 1.41. The molecule has 0 radical (unpaired) electrons. The van der Waals surface area contributed by atoms with E-state index in [1.54, 1.807) is 6.07 Å². The molecule has 0 heterocycles. The van der Waals surface area contributed by atoms with Crippen molar-refractivity contribution in [2.75, 3.05) is 13.1 Å². The molecule has 0 fully saturated rings. The number of nitrogens with zero attached hydrogens (tertiary/aromatic N) is 3. The number of nitriles is 1. The maximum absolute atomic E-state index is 13.6. The molecule has 0 unspecified atom stereocenters. The third-order valence-corrected chi connectivity index (χ3v) is 4.35. The lowest BCUT2D eigenvalue weighted by Crippen LogP contribution is -2.32. The zero-order valence-electron chi connectivity index (χ0n) is 10.2. The third-order valence-electron chi connectivity index (χ3n) is 2.42. The lowest BCUT2D eigenvalue weighted by Gasteiger charge is -2.17. The molecule has 0 aliphatic rings. The molecule has 0 atom stereocenters. The standard InChI is InChI=1S/C10H9F2N3O4S/c1-2-14(4-3-13)20(18,19)10-6-9(15(16)17)7(11)5-8(10)12/h5-6H,2,4H2,1H3. The molecule has 1 aromatic rings. The summed E-state index contributed by atoms with van der Waals surface area (Å²) in [6.07, 6.45) is 0. The molecule has 1 aromatic carbocycles. The van der Waals surface area contributed by atoms with Gasteiger partial charge in [-0.1, -0.05) is 6.92 Å². The molecule has 7 nitrogen and oxygen atoms in total. The predicted molar refractivity (Wildman–Crippen MR) is 63.1 cm³/mol. The van der Waals surface area contributed by atoms with Gasteiger partial charge in [0.15, 0.2) is 0 Å². The van der Waals surface area contributed by atoms with Crippen molar-refractivity contribution < 1.29 is 22.1 Å². The Morgan fingerprint density at radius 3 is 2.45 bits per heavy atom. The highest BCUT2D eigenvalue weighted by Crippen LogP contribution is 2.26. The van der Waals surface area contributed by atoms with E-state index in [-0.39, 0.29) is 12.6 Å². The fourth-order valence-corrected chi connectivity index (χ4v) is 2.85. The maximum atomic E-state index is 13.6. The monoisotopic (exact) mass is 305 g/mol. The van der Waals surface area contributed by atoms with Crippen molar-refractivity contribution in [3.05, 3.63) is 33.9 Å². The van der Waals surface area contributed by atoms with E-state index in [4.69, 9.17) is 5.26 Å². The summed E-state index contributed by atoms with van der Waals surface area (Å²) >= 11 is 0. The van der Waals surface area contributed by atoms with Crippen LogP contribution in [0.5, 0.6) is 0 Å². The Hall–Kier alpha value is -2.12. The average molecular weight is 305 g/mol. The molecule has 0 bridgehead atoms. The van der Waals surface area contributed by atoms with Crippen LogP contribution in [0.4, 0.5) is 14.5 Å². The highest BCUT2D eigenvalue weighted by atomic mass is 32.2. The van der Waals surface area contributed by atoms with Gasteiger partial charge in [-0.25, -0.2) is 12.8 Å². The first-order valence-corrected chi connectivity index (χ1v) is 6.70. The Kier molecular flexibility index (Phi) is 4.69. The number of hydrogen-bond acceptors (Lipinski definition) is 5. The van der Waals surface area contributed by atoms with Crippen LogP contribution in [0, 0.1) is 33.1 Å². The van der Waals surface area contributed by atoms with Crippen LogP contribution in [0.3, 0.4) is 0 Å². The first-order valence-electron chi connectivity index (χ1n) is 5.26. The molecule has 10 heteroatoms. The maximum Gasteiger partial charge on any atom is 0.306 e. The fraction of sp³-hybridized carbons (Fsp3) is 0.300. The number of halogens is 2. The molecule has 0 amide bonds. The van der Waals surface area contributed by atoms with E-state index in [0.29, 0.717) is 10.4 Å². The van der Waals surface area contributed by atoms with Gasteiger partial charge in [0.25, 0.3) is 0 Å². The molecular formula is C10H9F2N3O4S. The number of nitro benzene ring substituents is 1. The number of benzene rings is 1. The normalized spacial score (nSPS) is 11.3. The van der Waals surface area contributed by atoms with Crippen LogP contribution < -0.4 is 0 Å². The molecule has 0 spiro atoms. The first kappa shape index (κ1) is 15.9. The topological polar surface area (TPSA) is 104 Å².